The van der Waals surface area contributed by atoms with Gasteiger partial charge < -0.3 is 14.8 Å². The van der Waals surface area contributed by atoms with Crippen molar-refractivity contribution in [3.05, 3.63) is 18.3 Å². The Hall–Kier alpha value is -1.22. The molecule has 3 rings (SSSR count). The molecule has 26 heavy (non-hydrogen) atoms. The molecular formula is C18H29N3O4S. The molecule has 1 N–H and O–H groups in total. The number of anilines is 1. The van der Waals surface area contributed by atoms with Crippen LogP contribution in [0.4, 0.5) is 5.82 Å². The summed E-state index contributed by atoms with van der Waals surface area (Å²) in [6.45, 7) is 3.17. The number of aromatic nitrogens is 1. The Labute approximate surface area is 156 Å². The zero-order valence-electron chi connectivity index (χ0n) is 15.2. The van der Waals surface area contributed by atoms with Gasteiger partial charge in [-0.3, -0.25) is 0 Å². The van der Waals surface area contributed by atoms with Gasteiger partial charge in [-0.2, -0.15) is 4.31 Å². The molecule has 1 aliphatic heterocycles. The fourth-order valence-electron chi connectivity index (χ4n) is 3.34. The summed E-state index contributed by atoms with van der Waals surface area (Å²) in [4.78, 5) is 4.47. The van der Waals surface area contributed by atoms with Crippen LogP contribution in [0.3, 0.4) is 0 Å². The van der Waals surface area contributed by atoms with Gasteiger partial charge in [0.05, 0.1) is 19.3 Å². The van der Waals surface area contributed by atoms with Crippen molar-refractivity contribution in [3.8, 4) is 0 Å². The van der Waals surface area contributed by atoms with Crippen LogP contribution in [-0.2, 0) is 19.5 Å². The summed E-state index contributed by atoms with van der Waals surface area (Å²) in [5.74, 6) is 0.684. The lowest BCUT2D eigenvalue weighted by atomic mass is 9.98. The molecule has 2 fully saturated rings. The Morgan fingerprint density at radius 2 is 1.96 bits per heavy atom. The van der Waals surface area contributed by atoms with Crippen LogP contribution < -0.4 is 5.32 Å². The maximum Gasteiger partial charge on any atom is 0.244 e. The number of pyridine rings is 1. The SMILES string of the molecule is O=S(=O)(c1ccc(NCCCOC2CCCCC2)nc1)N1CCOCC1. The number of sulfonamides is 1. The molecule has 0 amide bonds. The summed E-state index contributed by atoms with van der Waals surface area (Å²) in [6.07, 6.45) is 9.05. The Kier molecular flexibility index (Phi) is 7.24. The summed E-state index contributed by atoms with van der Waals surface area (Å²) in [5, 5.41) is 3.22. The Bertz CT molecular complexity index is 639. The van der Waals surface area contributed by atoms with Crippen LogP contribution in [0.1, 0.15) is 38.5 Å². The van der Waals surface area contributed by atoms with Crippen molar-refractivity contribution in [2.75, 3.05) is 44.8 Å². The maximum atomic E-state index is 12.5. The minimum absolute atomic E-state index is 0.227. The minimum Gasteiger partial charge on any atom is -0.379 e. The number of hydrogen-bond donors (Lipinski definition) is 1. The largest absolute Gasteiger partial charge is 0.379 e. The number of nitrogens with one attached hydrogen (secondary N) is 1. The van der Waals surface area contributed by atoms with Gasteiger partial charge in [0.2, 0.25) is 10.0 Å². The monoisotopic (exact) mass is 383 g/mol. The van der Waals surface area contributed by atoms with Crippen LogP contribution in [0.25, 0.3) is 0 Å². The topological polar surface area (TPSA) is 80.8 Å². The van der Waals surface area contributed by atoms with E-state index < -0.39 is 10.0 Å². The normalized spacial score (nSPS) is 20.2. The van der Waals surface area contributed by atoms with Crippen molar-refractivity contribution in [3.63, 3.8) is 0 Å². The van der Waals surface area contributed by atoms with E-state index in [9.17, 15) is 8.42 Å². The second-order valence-electron chi connectivity index (χ2n) is 6.81. The third-order valence-corrected chi connectivity index (χ3v) is 6.76. The standard InChI is InChI=1S/C18H29N3O4S/c22-26(23,21-10-13-24-14-11-21)17-7-8-18(20-15-17)19-9-4-12-25-16-5-2-1-3-6-16/h7-8,15-16H,1-6,9-14H2,(H,19,20). The van der Waals surface area contributed by atoms with Crippen LogP contribution in [0.2, 0.25) is 0 Å². The van der Waals surface area contributed by atoms with Crippen molar-refractivity contribution in [2.24, 2.45) is 0 Å². The summed E-state index contributed by atoms with van der Waals surface area (Å²) < 4.78 is 37.6. The van der Waals surface area contributed by atoms with E-state index in [1.54, 1.807) is 12.1 Å². The van der Waals surface area contributed by atoms with Crippen molar-refractivity contribution in [2.45, 2.75) is 49.5 Å². The predicted octanol–water partition coefficient (Wildman–Crippen LogP) is 2.25. The van der Waals surface area contributed by atoms with Crippen LogP contribution >= 0.6 is 0 Å². The first kappa shape index (κ1) is 19.5. The third-order valence-electron chi connectivity index (χ3n) is 4.88. The second-order valence-corrected chi connectivity index (χ2v) is 8.74. The zero-order chi connectivity index (χ0) is 18.2. The second kappa shape index (κ2) is 9.64. The van der Waals surface area contributed by atoms with Crippen molar-refractivity contribution < 1.29 is 17.9 Å². The average molecular weight is 384 g/mol. The first-order valence-electron chi connectivity index (χ1n) is 9.56. The maximum absolute atomic E-state index is 12.5. The van der Waals surface area contributed by atoms with E-state index in [4.69, 9.17) is 9.47 Å². The molecule has 0 atom stereocenters. The minimum atomic E-state index is -3.48. The van der Waals surface area contributed by atoms with E-state index in [0.29, 0.717) is 38.2 Å². The summed E-state index contributed by atoms with van der Waals surface area (Å²) in [5.41, 5.74) is 0. The van der Waals surface area contributed by atoms with Crippen LogP contribution in [0, 0.1) is 0 Å². The molecule has 146 valence electrons. The van der Waals surface area contributed by atoms with E-state index >= 15 is 0 Å². The summed E-state index contributed by atoms with van der Waals surface area (Å²) in [7, 11) is -3.48. The van der Waals surface area contributed by atoms with Gasteiger partial charge in [-0.25, -0.2) is 13.4 Å². The highest BCUT2D eigenvalue weighted by atomic mass is 32.2. The molecule has 0 aromatic carbocycles. The molecule has 1 aliphatic carbocycles. The zero-order valence-corrected chi connectivity index (χ0v) is 16.0. The first-order chi connectivity index (χ1) is 12.7. The van der Waals surface area contributed by atoms with E-state index in [1.807, 2.05) is 0 Å². The third kappa shape index (κ3) is 5.39. The van der Waals surface area contributed by atoms with Gasteiger partial charge in [0.25, 0.3) is 0 Å². The lowest BCUT2D eigenvalue weighted by Gasteiger charge is -2.25. The summed E-state index contributed by atoms with van der Waals surface area (Å²) in [6, 6.07) is 3.33. The highest BCUT2D eigenvalue weighted by Crippen LogP contribution is 2.20. The fourth-order valence-corrected chi connectivity index (χ4v) is 4.70. The molecule has 7 nitrogen and oxygen atoms in total. The van der Waals surface area contributed by atoms with Crippen LogP contribution in [0.5, 0.6) is 0 Å². The van der Waals surface area contributed by atoms with Gasteiger partial charge in [0, 0.05) is 32.4 Å². The van der Waals surface area contributed by atoms with Gasteiger partial charge in [-0.1, -0.05) is 19.3 Å². The molecule has 0 bridgehead atoms. The number of ether oxygens (including phenoxy) is 2. The quantitative estimate of drug-likeness (QED) is 0.694. The molecule has 0 unspecified atom stereocenters. The fraction of sp³-hybridized carbons (Fsp3) is 0.722. The van der Waals surface area contributed by atoms with Crippen molar-refractivity contribution in [1.82, 2.24) is 9.29 Å². The van der Waals surface area contributed by atoms with Crippen molar-refractivity contribution in [1.29, 1.82) is 0 Å². The van der Waals surface area contributed by atoms with Gasteiger partial charge in [-0.05, 0) is 31.4 Å². The van der Waals surface area contributed by atoms with Crippen molar-refractivity contribution >= 4 is 15.8 Å². The average Bonchev–Trinajstić information content (AvgIpc) is 2.69. The first-order valence-corrected chi connectivity index (χ1v) is 11.0. The van der Waals surface area contributed by atoms with E-state index in [2.05, 4.69) is 10.3 Å². The highest BCUT2D eigenvalue weighted by Gasteiger charge is 2.26. The van der Waals surface area contributed by atoms with Gasteiger partial charge in [-0.15, -0.1) is 0 Å². The lowest BCUT2D eigenvalue weighted by Crippen LogP contribution is -2.40. The van der Waals surface area contributed by atoms with Gasteiger partial charge in [0.15, 0.2) is 0 Å². The highest BCUT2D eigenvalue weighted by molar-refractivity contribution is 7.89. The number of hydrogen-bond acceptors (Lipinski definition) is 6. The Balaban J connectivity index is 1.41. The van der Waals surface area contributed by atoms with Gasteiger partial charge >= 0.3 is 0 Å². The van der Waals surface area contributed by atoms with E-state index in [0.717, 1.165) is 19.6 Å². The molecule has 1 aromatic rings. The molecule has 8 heteroatoms. The number of morpholine rings is 1. The molecular weight excluding hydrogens is 354 g/mol. The molecule has 2 heterocycles. The van der Waals surface area contributed by atoms with Crippen LogP contribution in [-0.4, -0.2) is 63.3 Å². The predicted molar refractivity (Wildman–Crippen MR) is 99.7 cm³/mol. The number of nitrogens with zero attached hydrogens (tertiary/aromatic N) is 2. The molecule has 1 aromatic heterocycles. The summed E-state index contributed by atoms with van der Waals surface area (Å²) >= 11 is 0. The molecule has 2 aliphatic rings. The molecule has 0 radical (unpaired) electrons. The Morgan fingerprint density at radius 1 is 1.19 bits per heavy atom. The number of rotatable bonds is 8. The Morgan fingerprint density at radius 3 is 2.65 bits per heavy atom. The van der Waals surface area contributed by atoms with E-state index in [1.165, 1.54) is 42.6 Å². The van der Waals surface area contributed by atoms with Crippen LogP contribution in [0.15, 0.2) is 23.2 Å². The molecule has 0 spiro atoms. The molecule has 1 saturated heterocycles. The lowest BCUT2D eigenvalue weighted by molar-refractivity contribution is 0.0284. The van der Waals surface area contributed by atoms with E-state index in [-0.39, 0.29) is 4.90 Å². The smallest absolute Gasteiger partial charge is 0.244 e. The molecule has 1 saturated carbocycles. The van der Waals surface area contributed by atoms with Gasteiger partial charge in [0.1, 0.15) is 10.7 Å².